The maximum atomic E-state index is 14.0. The van der Waals surface area contributed by atoms with Gasteiger partial charge in [0.1, 0.15) is 17.6 Å². The van der Waals surface area contributed by atoms with E-state index < -0.39 is 5.82 Å². The van der Waals surface area contributed by atoms with Crippen LogP contribution in [0.2, 0.25) is 0 Å². The topological polar surface area (TPSA) is 33.0 Å². The predicted octanol–water partition coefficient (Wildman–Crippen LogP) is 4.17. The van der Waals surface area contributed by atoms with Crippen LogP contribution in [0.15, 0.2) is 23.8 Å². The monoisotopic (exact) mass is 265 g/mol. The number of hydrogen-bond acceptors (Lipinski definition) is 2. The standard InChI is InChI=1S/C14H13ClFNO/c1-5-11(15)8(2)13-9(3)14(18-4)10(7-17)6-12(13)16/h5-6H,1H2,2-4H3/b11-8-. The summed E-state index contributed by atoms with van der Waals surface area (Å²) in [7, 11) is 1.44. The SMILES string of the molecule is C=C/C(Cl)=C(\C)c1c(F)cc(C#N)c(OC)c1C. The number of ether oxygens (including phenoxy) is 1. The molecule has 2 nitrogen and oxygen atoms in total. The fourth-order valence-corrected chi connectivity index (χ4v) is 1.93. The molecule has 1 aromatic rings. The molecule has 0 aliphatic carbocycles. The van der Waals surface area contributed by atoms with Gasteiger partial charge >= 0.3 is 0 Å². The van der Waals surface area contributed by atoms with Crippen LogP contribution < -0.4 is 4.74 Å². The first kappa shape index (κ1) is 14.3. The highest BCUT2D eigenvalue weighted by molar-refractivity contribution is 6.34. The summed E-state index contributed by atoms with van der Waals surface area (Å²) in [6.07, 6.45) is 1.44. The third-order valence-corrected chi connectivity index (χ3v) is 3.14. The van der Waals surface area contributed by atoms with Crippen LogP contribution in [0.25, 0.3) is 5.57 Å². The summed E-state index contributed by atoms with van der Waals surface area (Å²) in [4.78, 5) is 0. The maximum Gasteiger partial charge on any atom is 0.140 e. The second kappa shape index (κ2) is 5.70. The van der Waals surface area contributed by atoms with Gasteiger partial charge in [-0.15, -0.1) is 0 Å². The van der Waals surface area contributed by atoms with Gasteiger partial charge in [-0.2, -0.15) is 5.26 Å². The highest BCUT2D eigenvalue weighted by Gasteiger charge is 2.18. The first-order chi connectivity index (χ1) is 8.47. The Hall–Kier alpha value is -1.79. The lowest BCUT2D eigenvalue weighted by Gasteiger charge is -2.14. The Morgan fingerprint density at radius 2 is 2.22 bits per heavy atom. The van der Waals surface area contributed by atoms with E-state index in [1.165, 1.54) is 13.2 Å². The van der Waals surface area contributed by atoms with Crippen molar-refractivity contribution in [2.45, 2.75) is 13.8 Å². The lowest BCUT2D eigenvalue weighted by molar-refractivity contribution is 0.408. The fourth-order valence-electron chi connectivity index (χ4n) is 1.84. The number of rotatable bonds is 3. The Morgan fingerprint density at radius 3 is 2.67 bits per heavy atom. The minimum atomic E-state index is -0.498. The average Bonchev–Trinajstić information content (AvgIpc) is 2.36. The Morgan fingerprint density at radius 1 is 1.61 bits per heavy atom. The largest absolute Gasteiger partial charge is 0.495 e. The number of methoxy groups -OCH3 is 1. The van der Waals surface area contributed by atoms with Crippen LogP contribution in [-0.2, 0) is 0 Å². The van der Waals surface area contributed by atoms with E-state index in [9.17, 15) is 4.39 Å². The zero-order valence-electron chi connectivity index (χ0n) is 10.5. The zero-order chi connectivity index (χ0) is 13.9. The van der Waals surface area contributed by atoms with Gasteiger partial charge in [-0.1, -0.05) is 24.3 Å². The molecule has 0 bridgehead atoms. The van der Waals surface area contributed by atoms with Gasteiger partial charge in [-0.05, 0) is 25.5 Å². The zero-order valence-corrected chi connectivity index (χ0v) is 11.2. The Kier molecular flexibility index (Phi) is 4.52. The van der Waals surface area contributed by atoms with Crippen LogP contribution >= 0.6 is 11.6 Å². The van der Waals surface area contributed by atoms with Crippen molar-refractivity contribution in [3.63, 3.8) is 0 Å². The van der Waals surface area contributed by atoms with Crippen molar-refractivity contribution in [2.75, 3.05) is 7.11 Å². The van der Waals surface area contributed by atoms with Crippen LogP contribution in [-0.4, -0.2) is 7.11 Å². The third kappa shape index (κ3) is 2.39. The van der Waals surface area contributed by atoms with E-state index in [0.29, 0.717) is 27.5 Å². The number of benzene rings is 1. The summed E-state index contributed by atoms with van der Waals surface area (Å²) in [5.41, 5.74) is 1.62. The van der Waals surface area contributed by atoms with E-state index in [1.54, 1.807) is 13.8 Å². The summed E-state index contributed by atoms with van der Waals surface area (Å²) in [6, 6.07) is 3.05. The molecule has 1 rings (SSSR count). The normalized spacial score (nSPS) is 11.6. The molecular weight excluding hydrogens is 253 g/mol. The summed E-state index contributed by atoms with van der Waals surface area (Å²) in [6.45, 7) is 6.93. The van der Waals surface area contributed by atoms with Crippen LogP contribution in [0.3, 0.4) is 0 Å². The van der Waals surface area contributed by atoms with Crippen molar-refractivity contribution >= 4 is 17.2 Å². The molecule has 18 heavy (non-hydrogen) atoms. The first-order valence-corrected chi connectivity index (χ1v) is 5.62. The number of allylic oxidation sites excluding steroid dienone is 3. The predicted molar refractivity (Wildman–Crippen MR) is 71.0 cm³/mol. The molecule has 0 amide bonds. The highest BCUT2D eigenvalue weighted by atomic mass is 35.5. The van der Waals surface area contributed by atoms with E-state index in [4.69, 9.17) is 21.6 Å². The molecule has 1 aromatic carbocycles. The third-order valence-electron chi connectivity index (χ3n) is 2.71. The molecular formula is C14H13ClFNO. The van der Waals surface area contributed by atoms with Gasteiger partial charge in [0.15, 0.2) is 0 Å². The summed E-state index contributed by atoms with van der Waals surface area (Å²) < 4.78 is 19.2. The highest BCUT2D eigenvalue weighted by Crippen LogP contribution is 2.34. The quantitative estimate of drug-likeness (QED) is 0.769. The molecule has 0 aromatic heterocycles. The van der Waals surface area contributed by atoms with Gasteiger partial charge in [-0.3, -0.25) is 0 Å². The molecule has 0 aliphatic heterocycles. The molecule has 0 atom stereocenters. The smallest absolute Gasteiger partial charge is 0.140 e. The summed E-state index contributed by atoms with van der Waals surface area (Å²) >= 11 is 5.95. The van der Waals surface area contributed by atoms with Crippen LogP contribution in [0.4, 0.5) is 4.39 Å². The van der Waals surface area contributed by atoms with Gasteiger partial charge < -0.3 is 4.74 Å². The van der Waals surface area contributed by atoms with Crippen LogP contribution in [0.1, 0.15) is 23.6 Å². The lowest BCUT2D eigenvalue weighted by Crippen LogP contribution is -2.00. The van der Waals surface area contributed by atoms with Crippen molar-refractivity contribution in [1.82, 2.24) is 0 Å². The van der Waals surface area contributed by atoms with E-state index in [1.807, 2.05) is 6.07 Å². The maximum absolute atomic E-state index is 14.0. The van der Waals surface area contributed by atoms with Crippen molar-refractivity contribution in [3.8, 4) is 11.8 Å². The van der Waals surface area contributed by atoms with Gasteiger partial charge in [0.25, 0.3) is 0 Å². The molecule has 0 unspecified atom stereocenters. The summed E-state index contributed by atoms with van der Waals surface area (Å²) in [5, 5.41) is 9.30. The minimum absolute atomic E-state index is 0.166. The molecule has 0 heterocycles. The molecule has 0 radical (unpaired) electrons. The van der Waals surface area contributed by atoms with E-state index >= 15 is 0 Å². The number of nitrogens with zero attached hydrogens (tertiary/aromatic N) is 1. The number of hydrogen-bond donors (Lipinski definition) is 0. The second-order valence-corrected chi connectivity index (χ2v) is 4.14. The van der Waals surface area contributed by atoms with E-state index in [0.717, 1.165) is 6.07 Å². The van der Waals surface area contributed by atoms with Crippen molar-refractivity contribution < 1.29 is 9.13 Å². The van der Waals surface area contributed by atoms with Crippen molar-refractivity contribution in [3.05, 3.63) is 46.3 Å². The Labute approximate surface area is 111 Å². The molecule has 0 fully saturated rings. The van der Waals surface area contributed by atoms with E-state index in [-0.39, 0.29) is 5.56 Å². The summed E-state index contributed by atoms with van der Waals surface area (Å²) in [5.74, 6) is -0.135. The molecule has 0 saturated carbocycles. The molecule has 0 aliphatic rings. The van der Waals surface area contributed by atoms with Gasteiger partial charge in [0, 0.05) is 16.2 Å². The molecule has 0 saturated heterocycles. The first-order valence-electron chi connectivity index (χ1n) is 5.24. The molecule has 0 spiro atoms. The van der Waals surface area contributed by atoms with Gasteiger partial charge in [-0.25, -0.2) is 4.39 Å². The fraction of sp³-hybridized carbons (Fsp3) is 0.214. The van der Waals surface area contributed by atoms with E-state index in [2.05, 4.69) is 6.58 Å². The molecule has 94 valence electrons. The Balaban J connectivity index is 3.68. The molecule has 0 N–H and O–H groups in total. The second-order valence-electron chi connectivity index (χ2n) is 3.73. The number of halogens is 2. The van der Waals surface area contributed by atoms with Gasteiger partial charge in [0.05, 0.1) is 12.7 Å². The minimum Gasteiger partial charge on any atom is -0.495 e. The van der Waals surface area contributed by atoms with Gasteiger partial charge in [0.2, 0.25) is 0 Å². The Bertz CT molecular complexity index is 570. The lowest BCUT2D eigenvalue weighted by atomic mass is 9.97. The van der Waals surface area contributed by atoms with Crippen LogP contribution in [0.5, 0.6) is 5.75 Å². The number of nitriles is 1. The van der Waals surface area contributed by atoms with Crippen LogP contribution in [0, 0.1) is 24.1 Å². The van der Waals surface area contributed by atoms with Crippen molar-refractivity contribution in [2.24, 2.45) is 0 Å². The van der Waals surface area contributed by atoms with Crippen molar-refractivity contribution in [1.29, 1.82) is 5.26 Å². The average molecular weight is 266 g/mol. The molecule has 4 heteroatoms.